The fourth-order valence-electron chi connectivity index (χ4n) is 3.03. The molecule has 0 amide bonds. The molecule has 1 fully saturated rings. The molecule has 3 rings (SSSR count). The molecule has 2 aromatic rings. The van der Waals surface area contributed by atoms with E-state index in [1.807, 2.05) is 23.5 Å². The van der Waals surface area contributed by atoms with E-state index in [-0.39, 0.29) is 5.82 Å². The minimum Gasteiger partial charge on any atom is -0.291 e. The fourth-order valence-corrected chi connectivity index (χ4v) is 3.93. The van der Waals surface area contributed by atoms with Crippen molar-refractivity contribution in [2.24, 2.45) is 0 Å². The van der Waals surface area contributed by atoms with Crippen LogP contribution in [-0.2, 0) is 6.54 Å². The van der Waals surface area contributed by atoms with Crippen LogP contribution in [0.4, 0.5) is 4.39 Å². The van der Waals surface area contributed by atoms with Crippen LogP contribution < -0.4 is 0 Å². The van der Waals surface area contributed by atoms with Crippen molar-refractivity contribution in [3.05, 3.63) is 58.0 Å². The summed E-state index contributed by atoms with van der Waals surface area (Å²) in [4.78, 5) is 3.97. The zero-order valence-corrected chi connectivity index (χ0v) is 12.4. The lowest BCUT2D eigenvalue weighted by molar-refractivity contribution is 0.195. The second-order valence-corrected chi connectivity index (χ2v) is 6.46. The van der Waals surface area contributed by atoms with E-state index < -0.39 is 0 Å². The standard InChI is InChI=1S/C17H20FNS/c18-15-7-4-6-14(12-15)13-19-10-3-1-2-8-16(19)17-9-5-11-20-17/h4-7,9,11-12,16H,1-3,8,10,13H2/t16-/m1/s1. The van der Waals surface area contributed by atoms with Crippen molar-refractivity contribution >= 4 is 11.3 Å². The van der Waals surface area contributed by atoms with Crippen molar-refractivity contribution in [3.8, 4) is 0 Å². The van der Waals surface area contributed by atoms with Gasteiger partial charge in [-0.2, -0.15) is 0 Å². The lowest BCUT2D eigenvalue weighted by Crippen LogP contribution is -2.27. The van der Waals surface area contributed by atoms with Gasteiger partial charge in [-0.3, -0.25) is 4.90 Å². The van der Waals surface area contributed by atoms with E-state index in [9.17, 15) is 4.39 Å². The Bertz CT molecular complexity index is 538. The molecular weight excluding hydrogens is 269 g/mol. The summed E-state index contributed by atoms with van der Waals surface area (Å²) in [5.74, 6) is -0.134. The highest BCUT2D eigenvalue weighted by Gasteiger charge is 2.23. The predicted molar refractivity (Wildman–Crippen MR) is 82.3 cm³/mol. The third-order valence-corrected chi connectivity index (χ3v) is 4.98. The van der Waals surface area contributed by atoms with Gasteiger partial charge >= 0.3 is 0 Å². The lowest BCUT2D eigenvalue weighted by Gasteiger charge is -2.29. The van der Waals surface area contributed by atoms with Crippen molar-refractivity contribution in [2.45, 2.75) is 38.3 Å². The molecule has 1 nitrogen and oxygen atoms in total. The number of hydrogen-bond acceptors (Lipinski definition) is 2. The van der Waals surface area contributed by atoms with E-state index in [1.54, 1.807) is 6.07 Å². The number of rotatable bonds is 3. The predicted octanol–water partition coefficient (Wildman–Crippen LogP) is 5.00. The van der Waals surface area contributed by atoms with E-state index >= 15 is 0 Å². The van der Waals surface area contributed by atoms with E-state index in [0.29, 0.717) is 6.04 Å². The summed E-state index contributed by atoms with van der Waals surface area (Å²) in [6.45, 7) is 1.96. The van der Waals surface area contributed by atoms with Gasteiger partial charge in [0.2, 0.25) is 0 Å². The SMILES string of the molecule is Fc1cccc(CN2CCCCC[C@@H]2c2cccs2)c1. The van der Waals surface area contributed by atoms with Crippen LogP contribution in [0.15, 0.2) is 41.8 Å². The quantitative estimate of drug-likeness (QED) is 0.768. The van der Waals surface area contributed by atoms with Crippen molar-refractivity contribution in [2.75, 3.05) is 6.54 Å². The van der Waals surface area contributed by atoms with Gasteiger partial charge < -0.3 is 0 Å². The van der Waals surface area contributed by atoms with E-state index in [0.717, 1.165) is 18.7 Å². The molecule has 1 aliphatic rings. The zero-order chi connectivity index (χ0) is 13.8. The highest BCUT2D eigenvalue weighted by atomic mass is 32.1. The molecule has 1 aliphatic heterocycles. The molecule has 2 heterocycles. The Labute approximate surface area is 124 Å². The molecule has 0 unspecified atom stereocenters. The maximum Gasteiger partial charge on any atom is 0.123 e. The first kappa shape index (κ1) is 13.8. The number of hydrogen-bond donors (Lipinski definition) is 0. The maximum absolute atomic E-state index is 13.4. The Balaban J connectivity index is 1.80. The molecule has 0 saturated carbocycles. The first-order valence-electron chi connectivity index (χ1n) is 7.35. The van der Waals surface area contributed by atoms with Crippen LogP contribution in [0.2, 0.25) is 0 Å². The van der Waals surface area contributed by atoms with Gasteiger partial charge in [0.25, 0.3) is 0 Å². The van der Waals surface area contributed by atoms with Crippen LogP contribution in [-0.4, -0.2) is 11.4 Å². The molecule has 0 spiro atoms. The van der Waals surface area contributed by atoms with Crippen LogP contribution in [0.1, 0.15) is 42.2 Å². The van der Waals surface area contributed by atoms with Gasteiger partial charge in [0.1, 0.15) is 5.82 Å². The van der Waals surface area contributed by atoms with Gasteiger partial charge in [0.15, 0.2) is 0 Å². The van der Waals surface area contributed by atoms with Crippen LogP contribution in [0.3, 0.4) is 0 Å². The topological polar surface area (TPSA) is 3.24 Å². The summed E-state index contributed by atoms with van der Waals surface area (Å²) in [7, 11) is 0. The summed E-state index contributed by atoms with van der Waals surface area (Å²) >= 11 is 1.84. The molecule has 1 aromatic carbocycles. The third-order valence-electron chi connectivity index (χ3n) is 4.01. The molecular formula is C17H20FNS. The number of benzene rings is 1. The first-order valence-corrected chi connectivity index (χ1v) is 8.23. The molecule has 106 valence electrons. The van der Waals surface area contributed by atoms with Gasteiger partial charge in [-0.05, 0) is 48.5 Å². The summed E-state index contributed by atoms with van der Waals surface area (Å²) in [5.41, 5.74) is 1.08. The van der Waals surface area contributed by atoms with Crippen LogP contribution in [0.5, 0.6) is 0 Å². The van der Waals surface area contributed by atoms with Crippen molar-refractivity contribution in [1.29, 1.82) is 0 Å². The highest BCUT2D eigenvalue weighted by molar-refractivity contribution is 7.10. The highest BCUT2D eigenvalue weighted by Crippen LogP contribution is 2.33. The lowest BCUT2D eigenvalue weighted by atomic mass is 10.1. The molecule has 1 aromatic heterocycles. The number of halogens is 1. The minimum atomic E-state index is -0.134. The van der Waals surface area contributed by atoms with Gasteiger partial charge in [-0.1, -0.05) is 31.0 Å². The van der Waals surface area contributed by atoms with E-state index in [2.05, 4.69) is 22.4 Å². The van der Waals surface area contributed by atoms with Gasteiger partial charge in [-0.15, -0.1) is 11.3 Å². The van der Waals surface area contributed by atoms with Crippen LogP contribution in [0, 0.1) is 5.82 Å². The minimum absolute atomic E-state index is 0.134. The van der Waals surface area contributed by atoms with E-state index in [4.69, 9.17) is 0 Å². The molecule has 1 atom stereocenters. The van der Waals surface area contributed by atoms with Crippen molar-refractivity contribution in [3.63, 3.8) is 0 Å². The normalized spacial score (nSPS) is 20.8. The zero-order valence-electron chi connectivity index (χ0n) is 11.6. The molecule has 3 heteroatoms. The Morgan fingerprint density at radius 2 is 2.10 bits per heavy atom. The van der Waals surface area contributed by atoms with E-state index in [1.165, 1.54) is 36.6 Å². The van der Waals surface area contributed by atoms with Crippen molar-refractivity contribution in [1.82, 2.24) is 4.90 Å². The average Bonchev–Trinajstić information content (AvgIpc) is 2.87. The van der Waals surface area contributed by atoms with Crippen molar-refractivity contribution < 1.29 is 4.39 Å². The summed E-state index contributed by atoms with van der Waals surface area (Å²) in [5, 5.41) is 2.15. The fraction of sp³-hybridized carbons (Fsp3) is 0.412. The van der Waals surface area contributed by atoms with Gasteiger partial charge in [0.05, 0.1) is 0 Å². The second-order valence-electron chi connectivity index (χ2n) is 5.48. The first-order chi connectivity index (χ1) is 9.83. The average molecular weight is 289 g/mol. The molecule has 0 aliphatic carbocycles. The van der Waals surface area contributed by atoms with Gasteiger partial charge in [0, 0.05) is 17.5 Å². The Morgan fingerprint density at radius 3 is 2.90 bits per heavy atom. The molecule has 20 heavy (non-hydrogen) atoms. The molecule has 0 bridgehead atoms. The molecule has 0 radical (unpaired) electrons. The summed E-state index contributed by atoms with van der Waals surface area (Å²) in [6.07, 6.45) is 5.07. The Hall–Kier alpha value is -1.19. The third kappa shape index (κ3) is 3.28. The summed E-state index contributed by atoms with van der Waals surface area (Å²) in [6, 6.07) is 11.9. The van der Waals surface area contributed by atoms with Gasteiger partial charge in [-0.25, -0.2) is 4.39 Å². The molecule has 1 saturated heterocycles. The summed E-state index contributed by atoms with van der Waals surface area (Å²) < 4.78 is 13.4. The maximum atomic E-state index is 13.4. The molecule has 0 N–H and O–H groups in total. The Kier molecular flexibility index (Phi) is 4.48. The number of likely N-dealkylation sites (tertiary alicyclic amines) is 1. The van der Waals surface area contributed by atoms with Crippen LogP contribution >= 0.6 is 11.3 Å². The largest absolute Gasteiger partial charge is 0.291 e. The second kappa shape index (κ2) is 6.51. The monoisotopic (exact) mass is 289 g/mol. The number of thiophene rings is 1. The smallest absolute Gasteiger partial charge is 0.123 e. The van der Waals surface area contributed by atoms with Crippen LogP contribution in [0.25, 0.3) is 0 Å². The number of nitrogens with zero attached hydrogens (tertiary/aromatic N) is 1. The Morgan fingerprint density at radius 1 is 1.15 bits per heavy atom.